The van der Waals surface area contributed by atoms with Crippen LogP contribution < -0.4 is 4.74 Å². The van der Waals surface area contributed by atoms with Crippen LogP contribution in [0.4, 0.5) is 0 Å². The van der Waals surface area contributed by atoms with Crippen LogP contribution in [0.5, 0.6) is 5.75 Å². The number of furan rings is 1. The molecule has 2 fully saturated rings. The Morgan fingerprint density at radius 1 is 1.00 bits per heavy atom. The first-order valence-electron chi connectivity index (χ1n) is 12.8. The van der Waals surface area contributed by atoms with Gasteiger partial charge in [0.25, 0.3) is 11.7 Å². The number of carbonyl (C=O) groups excluding carboxylic acids is 2. The van der Waals surface area contributed by atoms with E-state index >= 15 is 0 Å². The highest BCUT2D eigenvalue weighted by Crippen LogP contribution is 2.40. The number of nitrogens with zero attached hydrogens (tertiary/aromatic N) is 2. The Labute approximate surface area is 222 Å². The lowest BCUT2D eigenvalue weighted by Crippen LogP contribution is -2.42. The molecule has 2 saturated heterocycles. The predicted molar refractivity (Wildman–Crippen MR) is 142 cm³/mol. The van der Waals surface area contributed by atoms with Crippen molar-refractivity contribution >= 4 is 17.4 Å². The summed E-state index contributed by atoms with van der Waals surface area (Å²) in [6.45, 7) is 8.01. The maximum Gasteiger partial charge on any atom is 0.295 e. The van der Waals surface area contributed by atoms with Gasteiger partial charge in [0.2, 0.25) is 0 Å². The number of aliphatic hydroxyl groups excluding tert-OH is 1. The molecule has 2 aliphatic rings. The molecular weight excluding hydrogens is 484 g/mol. The minimum atomic E-state index is -0.804. The van der Waals surface area contributed by atoms with Gasteiger partial charge in [0.1, 0.15) is 35.7 Å². The zero-order chi connectivity index (χ0) is 26.6. The van der Waals surface area contributed by atoms with Crippen LogP contribution in [0.15, 0.2) is 70.7 Å². The van der Waals surface area contributed by atoms with E-state index in [1.165, 1.54) is 4.90 Å². The summed E-state index contributed by atoms with van der Waals surface area (Å²) in [4.78, 5) is 30.1. The zero-order valence-electron chi connectivity index (χ0n) is 21.7. The van der Waals surface area contributed by atoms with Gasteiger partial charge in [0, 0.05) is 31.7 Å². The number of carbonyl (C=O) groups is 2. The average molecular weight is 517 g/mol. The van der Waals surface area contributed by atoms with Crippen LogP contribution in [0.2, 0.25) is 0 Å². The van der Waals surface area contributed by atoms with E-state index in [0.29, 0.717) is 55.7 Å². The van der Waals surface area contributed by atoms with Crippen molar-refractivity contribution < 1.29 is 28.6 Å². The van der Waals surface area contributed by atoms with E-state index < -0.39 is 17.7 Å². The first-order chi connectivity index (χ1) is 18.4. The fourth-order valence-electron chi connectivity index (χ4n) is 4.91. The van der Waals surface area contributed by atoms with Crippen molar-refractivity contribution in [2.24, 2.45) is 0 Å². The molecule has 1 aromatic heterocycles. The first-order valence-corrected chi connectivity index (χ1v) is 12.8. The molecule has 0 saturated carbocycles. The quantitative estimate of drug-likeness (QED) is 0.272. The number of ketones is 1. The van der Waals surface area contributed by atoms with Crippen LogP contribution in [0, 0.1) is 13.8 Å². The molecule has 0 spiro atoms. The summed E-state index contributed by atoms with van der Waals surface area (Å²) >= 11 is 0. The molecule has 1 N–H and O–H groups in total. The van der Waals surface area contributed by atoms with Crippen molar-refractivity contribution in [1.82, 2.24) is 9.80 Å². The van der Waals surface area contributed by atoms with E-state index in [1.54, 1.807) is 43.3 Å². The fourth-order valence-corrected chi connectivity index (χ4v) is 4.91. The third-order valence-corrected chi connectivity index (χ3v) is 6.95. The van der Waals surface area contributed by atoms with E-state index in [4.69, 9.17) is 13.9 Å². The molecule has 1 atom stereocenters. The second-order valence-corrected chi connectivity index (χ2v) is 9.70. The van der Waals surface area contributed by atoms with Gasteiger partial charge in [-0.1, -0.05) is 29.8 Å². The third-order valence-electron chi connectivity index (χ3n) is 6.95. The first kappa shape index (κ1) is 25.8. The standard InChI is InChI=1S/C30H32N2O6/c1-20-4-3-5-22(18-20)19-37-24-9-7-23(8-10-24)28(33)26-27(25-11-6-21(2)38-25)32(30(35)29(26)34)13-12-31-14-16-36-17-15-31/h3-11,18,27,33H,12-17,19H2,1-2H3. The minimum absolute atomic E-state index is 0.0276. The van der Waals surface area contributed by atoms with Crippen molar-refractivity contribution in [3.05, 3.63) is 94.4 Å². The molecule has 3 aromatic rings. The van der Waals surface area contributed by atoms with E-state index in [2.05, 4.69) is 11.0 Å². The average Bonchev–Trinajstić information content (AvgIpc) is 3.47. The van der Waals surface area contributed by atoms with Crippen LogP contribution in [0.3, 0.4) is 0 Å². The van der Waals surface area contributed by atoms with Gasteiger partial charge in [-0.2, -0.15) is 0 Å². The molecule has 2 aromatic carbocycles. The van der Waals surface area contributed by atoms with Gasteiger partial charge >= 0.3 is 0 Å². The predicted octanol–water partition coefficient (Wildman–Crippen LogP) is 4.23. The molecule has 1 amide bonds. The minimum Gasteiger partial charge on any atom is -0.507 e. The summed E-state index contributed by atoms with van der Waals surface area (Å²) in [7, 11) is 0. The van der Waals surface area contributed by atoms with Gasteiger partial charge < -0.3 is 23.9 Å². The van der Waals surface area contributed by atoms with E-state index in [0.717, 1.165) is 24.2 Å². The molecule has 0 bridgehead atoms. The van der Waals surface area contributed by atoms with E-state index in [-0.39, 0.29) is 11.3 Å². The van der Waals surface area contributed by atoms with Crippen molar-refractivity contribution in [2.45, 2.75) is 26.5 Å². The smallest absolute Gasteiger partial charge is 0.295 e. The van der Waals surface area contributed by atoms with Gasteiger partial charge in [-0.05, 0) is 55.8 Å². The molecule has 0 radical (unpaired) electrons. The highest BCUT2D eigenvalue weighted by Gasteiger charge is 2.47. The molecule has 8 nitrogen and oxygen atoms in total. The Kier molecular flexibility index (Phi) is 7.62. The molecule has 38 heavy (non-hydrogen) atoms. The van der Waals surface area contributed by atoms with Gasteiger partial charge in [0.15, 0.2) is 0 Å². The van der Waals surface area contributed by atoms with Crippen LogP contribution >= 0.6 is 0 Å². The van der Waals surface area contributed by atoms with Crippen LogP contribution in [0.25, 0.3) is 5.76 Å². The monoisotopic (exact) mass is 516 g/mol. The highest BCUT2D eigenvalue weighted by molar-refractivity contribution is 6.46. The highest BCUT2D eigenvalue weighted by atomic mass is 16.5. The number of benzene rings is 2. The zero-order valence-corrected chi connectivity index (χ0v) is 21.7. The molecule has 5 rings (SSSR count). The maximum absolute atomic E-state index is 13.2. The van der Waals surface area contributed by atoms with Crippen LogP contribution in [-0.2, 0) is 20.9 Å². The summed E-state index contributed by atoms with van der Waals surface area (Å²) in [5, 5.41) is 11.3. The molecule has 8 heteroatoms. The summed E-state index contributed by atoms with van der Waals surface area (Å²) in [5.41, 5.74) is 2.67. The number of morpholine rings is 1. The number of aryl methyl sites for hydroxylation is 2. The number of Topliss-reactive ketones (excluding diaryl/α,β-unsaturated/α-hetero) is 1. The number of ether oxygens (including phenoxy) is 2. The van der Waals surface area contributed by atoms with Crippen molar-refractivity contribution in [1.29, 1.82) is 0 Å². The molecule has 3 heterocycles. The lowest BCUT2D eigenvalue weighted by molar-refractivity contribution is -0.140. The Morgan fingerprint density at radius 2 is 1.76 bits per heavy atom. The third kappa shape index (κ3) is 5.51. The Hall–Kier alpha value is -3.88. The van der Waals surface area contributed by atoms with Crippen molar-refractivity contribution in [3.63, 3.8) is 0 Å². The largest absolute Gasteiger partial charge is 0.507 e. The lowest BCUT2D eigenvalue weighted by atomic mass is 9.99. The van der Waals surface area contributed by atoms with E-state index in [1.807, 2.05) is 25.1 Å². The number of rotatable bonds is 8. The number of hydrogen-bond acceptors (Lipinski definition) is 7. The summed E-state index contributed by atoms with van der Waals surface area (Å²) in [5.74, 6) is 0.145. The normalized spacial score (nSPS) is 19.7. The number of aliphatic hydroxyl groups is 1. The molecule has 2 aliphatic heterocycles. The number of likely N-dealkylation sites (tertiary alicyclic amines) is 1. The number of amides is 1. The Bertz CT molecular complexity index is 1340. The van der Waals surface area contributed by atoms with Crippen LogP contribution in [0.1, 0.15) is 34.3 Å². The van der Waals surface area contributed by atoms with E-state index in [9.17, 15) is 14.7 Å². The maximum atomic E-state index is 13.2. The summed E-state index contributed by atoms with van der Waals surface area (Å²) in [6.07, 6.45) is 0. The van der Waals surface area contributed by atoms with Gasteiger partial charge in [0.05, 0.1) is 18.8 Å². The summed E-state index contributed by atoms with van der Waals surface area (Å²) < 4.78 is 17.2. The Balaban J connectivity index is 1.39. The van der Waals surface area contributed by atoms with Crippen molar-refractivity contribution in [3.8, 4) is 5.75 Å². The second-order valence-electron chi connectivity index (χ2n) is 9.70. The van der Waals surface area contributed by atoms with Crippen LogP contribution in [-0.4, -0.2) is 66.0 Å². The SMILES string of the molecule is Cc1cccc(COc2ccc(C(O)=C3C(=O)C(=O)N(CCN4CCOCC4)C3c3ccc(C)o3)cc2)c1. The molecular formula is C30H32N2O6. The molecule has 198 valence electrons. The van der Waals surface area contributed by atoms with Gasteiger partial charge in [-0.15, -0.1) is 0 Å². The fraction of sp³-hybridized carbons (Fsp3) is 0.333. The summed E-state index contributed by atoms with van der Waals surface area (Å²) in [6, 6.07) is 17.7. The van der Waals surface area contributed by atoms with Gasteiger partial charge in [-0.25, -0.2) is 0 Å². The Morgan fingerprint density at radius 3 is 2.45 bits per heavy atom. The molecule has 1 unspecified atom stereocenters. The topological polar surface area (TPSA) is 92.5 Å². The van der Waals surface area contributed by atoms with Crippen molar-refractivity contribution in [2.75, 3.05) is 39.4 Å². The molecule has 0 aliphatic carbocycles. The second kappa shape index (κ2) is 11.2. The lowest BCUT2D eigenvalue weighted by Gasteiger charge is -2.30. The number of hydrogen-bond donors (Lipinski definition) is 1. The van der Waals surface area contributed by atoms with Gasteiger partial charge in [-0.3, -0.25) is 14.5 Å².